The molecule has 6 nitrogen and oxygen atoms in total. The molecule has 0 aliphatic heterocycles. The van der Waals surface area contributed by atoms with Gasteiger partial charge in [-0.15, -0.1) is 0 Å². The quantitative estimate of drug-likeness (QED) is 0.388. The van der Waals surface area contributed by atoms with Gasteiger partial charge in [-0.25, -0.2) is 4.79 Å². The predicted octanol–water partition coefficient (Wildman–Crippen LogP) is 4.14. The van der Waals surface area contributed by atoms with Crippen molar-refractivity contribution in [3.8, 4) is 0 Å². The lowest BCUT2D eigenvalue weighted by atomic mass is 10.0. The third-order valence-electron chi connectivity index (χ3n) is 3.77. The lowest BCUT2D eigenvalue weighted by molar-refractivity contribution is -0.132. The lowest BCUT2D eigenvalue weighted by Crippen LogP contribution is -2.20. The molecule has 29 heavy (non-hydrogen) atoms. The normalized spacial score (nSPS) is 10.8. The molecule has 0 unspecified atom stereocenters. The van der Waals surface area contributed by atoms with Crippen LogP contribution in [0, 0.1) is 0 Å². The summed E-state index contributed by atoms with van der Waals surface area (Å²) in [7, 11) is 2.57. The van der Waals surface area contributed by atoms with Gasteiger partial charge in [-0.1, -0.05) is 54.2 Å². The van der Waals surface area contributed by atoms with Gasteiger partial charge in [0.15, 0.2) is 5.71 Å². The van der Waals surface area contributed by atoms with Gasteiger partial charge in [-0.05, 0) is 22.8 Å². The number of esters is 1. The number of carbonyl (C=O) groups excluding carboxylic acids is 1. The van der Waals surface area contributed by atoms with Crippen LogP contribution in [0.15, 0.2) is 66.3 Å². The minimum Gasteiger partial charge on any atom is -0.464 e. The van der Waals surface area contributed by atoms with E-state index in [-0.39, 0.29) is 12.3 Å². The van der Waals surface area contributed by atoms with E-state index in [1.165, 1.54) is 14.2 Å². The second-order valence-corrected chi connectivity index (χ2v) is 5.70. The van der Waals surface area contributed by atoms with Crippen LogP contribution in [0.25, 0.3) is 11.8 Å². The predicted molar refractivity (Wildman–Crippen MR) is 106 cm³/mol. The summed E-state index contributed by atoms with van der Waals surface area (Å²) in [6, 6.07) is 13.4. The van der Waals surface area contributed by atoms with Crippen LogP contribution in [-0.4, -0.2) is 25.9 Å². The first kappa shape index (κ1) is 21.8. The highest BCUT2D eigenvalue weighted by Gasteiger charge is 2.19. The highest BCUT2D eigenvalue weighted by Crippen LogP contribution is 2.17. The second-order valence-electron chi connectivity index (χ2n) is 5.70. The van der Waals surface area contributed by atoms with Crippen LogP contribution in [0.4, 0.5) is 8.78 Å². The molecule has 0 aliphatic carbocycles. The van der Waals surface area contributed by atoms with Crippen LogP contribution < -0.4 is 5.48 Å². The second kappa shape index (κ2) is 10.7. The minimum absolute atomic E-state index is 0.000707. The van der Waals surface area contributed by atoms with E-state index in [2.05, 4.69) is 17.2 Å². The summed E-state index contributed by atoms with van der Waals surface area (Å²) < 4.78 is 29.6. The summed E-state index contributed by atoms with van der Waals surface area (Å²) in [6.07, 6.45) is -1.02. The summed E-state index contributed by atoms with van der Waals surface area (Å²) in [5.74, 6) is -0.651. The van der Waals surface area contributed by atoms with Gasteiger partial charge in [0, 0.05) is 11.6 Å². The Morgan fingerprint density at radius 1 is 1.17 bits per heavy atom. The molecule has 0 saturated heterocycles. The maximum absolute atomic E-state index is 12.4. The Kier molecular flexibility index (Phi) is 8.05. The molecular weight excluding hydrogens is 382 g/mol. The molecule has 0 atom stereocenters. The fourth-order valence-electron chi connectivity index (χ4n) is 2.46. The van der Waals surface area contributed by atoms with Gasteiger partial charge in [0.25, 0.3) is 6.08 Å². The number of benzene rings is 2. The Morgan fingerprint density at radius 2 is 1.93 bits per heavy atom. The van der Waals surface area contributed by atoms with Crippen molar-refractivity contribution >= 4 is 23.5 Å². The average molecular weight is 402 g/mol. The average Bonchev–Trinajstić information content (AvgIpc) is 2.71. The van der Waals surface area contributed by atoms with Crippen molar-refractivity contribution in [2.75, 3.05) is 14.2 Å². The number of halogens is 2. The van der Waals surface area contributed by atoms with Crippen molar-refractivity contribution in [3.05, 3.63) is 83.4 Å². The van der Waals surface area contributed by atoms with Crippen LogP contribution >= 0.6 is 0 Å². The van der Waals surface area contributed by atoms with Crippen molar-refractivity contribution < 1.29 is 28.0 Å². The van der Waals surface area contributed by atoms with Crippen LogP contribution in [0.5, 0.6) is 0 Å². The van der Waals surface area contributed by atoms with Gasteiger partial charge in [0.2, 0.25) is 0 Å². The third kappa shape index (κ3) is 6.25. The summed E-state index contributed by atoms with van der Waals surface area (Å²) in [4.78, 5) is 22.2. The van der Waals surface area contributed by atoms with Crippen LogP contribution in [0.1, 0.15) is 22.3 Å². The number of oxime groups is 1. The number of carbonyl (C=O) groups is 1. The number of nitrogens with zero attached hydrogens (tertiary/aromatic N) is 1. The number of nitrogens with one attached hydrogen (secondary N) is 1. The van der Waals surface area contributed by atoms with Gasteiger partial charge in [0.05, 0.1) is 12.8 Å². The molecule has 2 rings (SSSR count). The zero-order valence-electron chi connectivity index (χ0n) is 15.9. The number of ether oxygens (including phenoxy) is 1. The van der Waals surface area contributed by atoms with Gasteiger partial charge in [-0.2, -0.15) is 8.78 Å². The molecule has 0 spiro atoms. The standard InChI is InChI=1S/C21H20F2N2O4/c1-14(16-9-6-7-15(11-16)12-19(22)23)24-29-13-17-8-4-5-10-18(17)20(25-28-3)21(26)27-2/h4-12,24H,1,13H2,2-3H3. The lowest BCUT2D eigenvalue weighted by Gasteiger charge is -2.13. The van der Waals surface area contributed by atoms with Gasteiger partial charge in [0.1, 0.15) is 13.7 Å². The highest BCUT2D eigenvalue weighted by atomic mass is 19.3. The molecule has 152 valence electrons. The van der Waals surface area contributed by atoms with Crippen molar-refractivity contribution in [1.29, 1.82) is 0 Å². The smallest absolute Gasteiger partial charge is 0.360 e. The molecule has 2 aromatic carbocycles. The molecule has 0 saturated carbocycles. The van der Waals surface area contributed by atoms with E-state index in [1.54, 1.807) is 48.5 Å². The molecule has 8 heteroatoms. The Morgan fingerprint density at radius 3 is 2.62 bits per heavy atom. The number of rotatable bonds is 9. The van der Waals surface area contributed by atoms with Crippen molar-refractivity contribution in [2.24, 2.45) is 5.16 Å². The number of methoxy groups -OCH3 is 1. The molecule has 1 N–H and O–H groups in total. The topological polar surface area (TPSA) is 69.1 Å². The highest BCUT2D eigenvalue weighted by molar-refractivity contribution is 6.43. The van der Waals surface area contributed by atoms with E-state index in [1.807, 2.05) is 0 Å². The van der Waals surface area contributed by atoms with Gasteiger partial charge in [-0.3, -0.25) is 10.3 Å². The Hall–Kier alpha value is -3.52. The summed E-state index contributed by atoms with van der Waals surface area (Å²) >= 11 is 0. The van der Waals surface area contributed by atoms with Crippen molar-refractivity contribution in [1.82, 2.24) is 5.48 Å². The molecule has 0 bridgehead atoms. The number of hydroxylamine groups is 1. The Labute approximate surface area is 167 Å². The van der Waals surface area contributed by atoms with E-state index < -0.39 is 12.0 Å². The molecule has 2 aromatic rings. The van der Waals surface area contributed by atoms with E-state index in [9.17, 15) is 13.6 Å². The number of hydrogen-bond acceptors (Lipinski definition) is 6. The third-order valence-corrected chi connectivity index (χ3v) is 3.77. The van der Waals surface area contributed by atoms with Gasteiger partial charge < -0.3 is 9.57 Å². The SMILES string of the molecule is C=C(NOCc1ccccc1C(=NOC)C(=O)OC)c1cccc(C=C(F)F)c1. The van der Waals surface area contributed by atoms with E-state index in [4.69, 9.17) is 14.4 Å². The fourth-order valence-corrected chi connectivity index (χ4v) is 2.46. The monoisotopic (exact) mass is 402 g/mol. The summed E-state index contributed by atoms with van der Waals surface area (Å²) in [5, 5.41) is 3.73. The molecule has 0 aromatic heterocycles. The van der Waals surface area contributed by atoms with E-state index in [0.717, 1.165) is 6.08 Å². The first-order valence-corrected chi connectivity index (χ1v) is 8.43. The van der Waals surface area contributed by atoms with Crippen LogP contribution in [-0.2, 0) is 25.8 Å². The zero-order chi connectivity index (χ0) is 21.2. The molecule has 0 radical (unpaired) electrons. The molecule has 0 amide bonds. The summed E-state index contributed by atoms with van der Waals surface area (Å²) in [6.45, 7) is 3.91. The van der Waals surface area contributed by atoms with Crippen LogP contribution in [0.2, 0.25) is 0 Å². The Bertz CT molecular complexity index is 938. The van der Waals surface area contributed by atoms with Gasteiger partial charge >= 0.3 is 5.97 Å². The van der Waals surface area contributed by atoms with E-state index >= 15 is 0 Å². The first-order valence-electron chi connectivity index (χ1n) is 8.43. The zero-order valence-corrected chi connectivity index (χ0v) is 15.9. The fraction of sp³-hybridized carbons (Fsp3) is 0.143. The Balaban J connectivity index is 2.10. The largest absolute Gasteiger partial charge is 0.464 e. The van der Waals surface area contributed by atoms with Crippen molar-refractivity contribution in [3.63, 3.8) is 0 Å². The van der Waals surface area contributed by atoms with Crippen molar-refractivity contribution in [2.45, 2.75) is 6.61 Å². The maximum Gasteiger partial charge on any atom is 0.360 e. The molecule has 0 aliphatic rings. The molecule has 0 heterocycles. The van der Waals surface area contributed by atoms with E-state index in [0.29, 0.717) is 28.0 Å². The molecule has 0 fully saturated rings. The number of hydrogen-bond donors (Lipinski definition) is 1. The summed E-state index contributed by atoms with van der Waals surface area (Å²) in [5.41, 5.74) is 5.12. The minimum atomic E-state index is -1.78. The molecular formula is C21H20F2N2O4. The first-order chi connectivity index (χ1) is 14.0. The maximum atomic E-state index is 12.4. The van der Waals surface area contributed by atoms with Crippen LogP contribution in [0.3, 0.4) is 0 Å².